The van der Waals surface area contributed by atoms with Crippen molar-refractivity contribution in [1.82, 2.24) is 0 Å². The summed E-state index contributed by atoms with van der Waals surface area (Å²) in [5.41, 5.74) is 5.35. The summed E-state index contributed by atoms with van der Waals surface area (Å²) < 4.78 is 41.2. The first-order chi connectivity index (χ1) is 5.54. The Kier molecular flexibility index (Phi) is 4.83. The maximum atomic E-state index is 12.2. The largest absolute Gasteiger partial charge is 0.396 e. The van der Waals surface area contributed by atoms with Crippen LogP contribution in [-0.2, 0) is 0 Å². The fourth-order valence-corrected chi connectivity index (χ4v) is 0.475. The van der Waals surface area contributed by atoms with E-state index < -0.39 is 6.68 Å². The van der Waals surface area contributed by atoms with Crippen molar-refractivity contribution in [2.24, 2.45) is 0 Å². The SMILES string of the molecule is FC(F)F.Nc1ccccc1F. The number of hydrogen-bond acceptors (Lipinski definition) is 1. The van der Waals surface area contributed by atoms with Crippen LogP contribution in [0.15, 0.2) is 24.3 Å². The Morgan fingerprint density at radius 2 is 1.50 bits per heavy atom. The zero-order valence-corrected chi connectivity index (χ0v) is 5.98. The van der Waals surface area contributed by atoms with E-state index in [0.717, 1.165) is 0 Å². The minimum atomic E-state index is -3.67. The molecule has 0 radical (unpaired) electrons. The third-order valence-corrected chi connectivity index (χ3v) is 0.905. The average Bonchev–Trinajstić information content (AvgIpc) is 1.94. The van der Waals surface area contributed by atoms with Crippen LogP contribution in [0, 0.1) is 5.82 Å². The molecule has 12 heavy (non-hydrogen) atoms. The molecule has 0 saturated carbocycles. The first-order valence-electron chi connectivity index (χ1n) is 2.96. The second-order valence-electron chi connectivity index (χ2n) is 1.77. The lowest BCUT2D eigenvalue weighted by molar-refractivity contribution is 0.00819. The molecule has 0 saturated heterocycles. The summed E-state index contributed by atoms with van der Waals surface area (Å²) >= 11 is 0. The Morgan fingerprint density at radius 1 is 1.08 bits per heavy atom. The van der Waals surface area contributed by atoms with Gasteiger partial charge in [-0.05, 0) is 12.1 Å². The lowest BCUT2D eigenvalue weighted by Crippen LogP contribution is -1.86. The molecule has 5 heteroatoms. The predicted molar refractivity (Wildman–Crippen MR) is 37.9 cm³/mol. The molecule has 1 nitrogen and oxygen atoms in total. The highest BCUT2D eigenvalue weighted by molar-refractivity contribution is 5.38. The summed E-state index contributed by atoms with van der Waals surface area (Å²) in [6, 6.07) is 6.15. The zero-order valence-electron chi connectivity index (χ0n) is 5.98. The van der Waals surface area contributed by atoms with Crippen LogP contribution in [-0.4, -0.2) is 6.68 Å². The van der Waals surface area contributed by atoms with Crippen molar-refractivity contribution in [3.8, 4) is 0 Å². The van der Waals surface area contributed by atoms with E-state index in [1.165, 1.54) is 12.1 Å². The number of hydrogen-bond donors (Lipinski definition) is 1. The highest BCUT2D eigenvalue weighted by atomic mass is 19.4. The van der Waals surface area contributed by atoms with Gasteiger partial charge in [-0.1, -0.05) is 12.1 Å². The van der Waals surface area contributed by atoms with Crippen molar-refractivity contribution >= 4 is 5.69 Å². The summed E-state index contributed by atoms with van der Waals surface area (Å²) in [6.07, 6.45) is 0. The maximum absolute atomic E-state index is 12.2. The number of halogens is 4. The molecule has 2 N–H and O–H groups in total. The van der Waals surface area contributed by atoms with E-state index in [2.05, 4.69) is 0 Å². The third kappa shape index (κ3) is 5.52. The van der Waals surface area contributed by atoms with Crippen LogP contribution in [0.1, 0.15) is 0 Å². The molecule has 1 rings (SSSR count). The number of alkyl halides is 3. The maximum Gasteiger partial charge on any atom is 0.379 e. The summed E-state index contributed by atoms with van der Waals surface area (Å²) in [7, 11) is 0. The molecule has 0 atom stereocenters. The van der Waals surface area contributed by atoms with E-state index in [1.807, 2.05) is 0 Å². The van der Waals surface area contributed by atoms with E-state index >= 15 is 0 Å². The van der Waals surface area contributed by atoms with Crippen LogP contribution < -0.4 is 5.73 Å². The Balaban J connectivity index is 0.000000261. The van der Waals surface area contributed by atoms with Gasteiger partial charge >= 0.3 is 6.68 Å². The minimum Gasteiger partial charge on any atom is -0.396 e. The monoisotopic (exact) mass is 181 g/mol. The molecular formula is C7H7F4N. The minimum absolute atomic E-state index is 0.201. The number of rotatable bonds is 0. The highest BCUT2D eigenvalue weighted by Crippen LogP contribution is 2.05. The normalized spacial score (nSPS) is 9.08. The van der Waals surface area contributed by atoms with Gasteiger partial charge in [0.25, 0.3) is 0 Å². The quantitative estimate of drug-likeness (QED) is 0.483. The molecule has 0 heterocycles. The van der Waals surface area contributed by atoms with Crippen LogP contribution in [0.5, 0.6) is 0 Å². The summed E-state index contributed by atoms with van der Waals surface area (Å²) in [4.78, 5) is 0. The molecule has 0 aliphatic carbocycles. The molecule has 1 aromatic rings. The number of nitrogen functional groups attached to an aromatic ring is 1. The molecule has 0 aliphatic heterocycles. The van der Waals surface area contributed by atoms with Gasteiger partial charge in [0.15, 0.2) is 0 Å². The molecular weight excluding hydrogens is 174 g/mol. The van der Waals surface area contributed by atoms with Gasteiger partial charge < -0.3 is 5.73 Å². The topological polar surface area (TPSA) is 26.0 Å². The average molecular weight is 181 g/mol. The van der Waals surface area contributed by atoms with Crippen molar-refractivity contribution in [2.75, 3.05) is 5.73 Å². The van der Waals surface area contributed by atoms with Gasteiger partial charge in [-0.15, -0.1) is 0 Å². The summed E-state index contributed by atoms with van der Waals surface area (Å²) in [5.74, 6) is -0.354. The fraction of sp³-hybridized carbons (Fsp3) is 0.143. The van der Waals surface area contributed by atoms with E-state index in [9.17, 15) is 17.6 Å². The molecule has 0 fully saturated rings. The highest BCUT2D eigenvalue weighted by Gasteiger charge is 1.89. The Hall–Kier alpha value is -1.26. The second-order valence-corrected chi connectivity index (χ2v) is 1.77. The van der Waals surface area contributed by atoms with Gasteiger partial charge in [-0.2, -0.15) is 13.2 Å². The van der Waals surface area contributed by atoms with Gasteiger partial charge in [0, 0.05) is 0 Å². The Morgan fingerprint density at radius 3 is 1.75 bits per heavy atom. The first-order valence-corrected chi connectivity index (χ1v) is 2.96. The summed E-state index contributed by atoms with van der Waals surface area (Å²) in [6.45, 7) is -3.67. The Bertz CT molecular complexity index is 203. The lowest BCUT2D eigenvalue weighted by atomic mass is 10.3. The van der Waals surface area contributed by atoms with Gasteiger partial charge in [0.1, 0.15) is 5.82 Å². The molecule has 1 aromatic carbocycles. The van der Waals surface area contributed by atoms with Crippen LogP contribution in [0.4, 0.5) is 23.2 Å². The first kappa shape index (κ1) is 10.7. The van der Waals surface area contributed by atoms with Crippen LogP contribution in [0.2, 0.25) is 0 Å². The standard InChI is InChI=1S/C6H6FN.CHF3/c7-5-3-1-2-4-6(5)8;2-1(3)4/h1-4H,8H2;1H. The van der Waals surface area contributed by atoms with E-state index in [1.54, 1.807) is 12.1 Å². The molecule has 0 unspecified atom stereocenters. The van der Waals surface area contributed by atoms with Crippen molar-refractivity contribution in [2.45, 2.75) is 6.68 Å². The summed E-state index contributed by atoms with van der Waals surface area (Å²) in [5, 5.41) is 0. The van der Waals surface area contributed by atoms with Crippen LogP contribution in [0.25, 0.3) is 0 Å². The van der Waals surface area contributed by atoms with Crippen molar-refractivity contribution in [3.63, 3.8) is 0 Å². The second kappa shape index (κ2) is 5.40. The van der Waals surface area contributed by atoms with E-state index in [4.69, 9.17) is 5.73 Å². The predicted octanol–water partition coefficient (Wildman–Crippen LogP) is 2.59. The van der Waals surface area contributed by atoms with Gasteiger partial charge in [-0.3, -0.25) is 0 Å². The van der Waals surface area contributed by atoms with Crippen LogP contribution in [0.3, 0.4) is 0 Å². The zero-order chi connectivity index (χ0) is 9.56. The molecule has 0 bridgehead atoms. The van der Waals surface area contributed by atoms with E-state index in [-0.39, 0.29) is 11.5 Å². The smallest absolute Gasteiger partial charge is 0.379 e. The number of anilines is 1. The van der Waals surface area contributed by atoms with Crippen molar-refractivity contribution < 1.29 is 17.6 Å². The fourth-order valence-electron chi connectivity index (χ4n) is 0.475. The van der Waals surface area contributed by atoms with Gasteiger partial charge in [0.05, 0.1) is 5.69 Å². The Labute approximate surface area is 66.8 Å². The number of nitrogens with two attached hydrogens (primary N) is 1. The van der Waals surface area contributed by atoms with Crippen molar-refractivity contribution in [1.29, 1.82) is 0 Å². The van der Waals surface area contributed by atoms with Crippen LogP contribution >= 0.6 is 0 Å². The van der Waals surface area contributed by atoms with Gasteiger partial charge in [-0.25, -0.2) is 4.39 Å². The third-order valence-electron chi connectivity index (χ3n) is 0.905. The number of benzene rings is 1. The molecule has 68 valence electrons. The molecule has 0 amide bonds. The van der Waals surface area contributed by atoms with Gasteiger partial charge in [0.2, 0.25) is 0 Å². The lowest BCUT2D eigenvalue weighted by Gasteiger charge is -1.89. The van der Waals surface area contributed by atoms with E-state index in [0.29, 0.717) is 0 Å². The molecule has 0 spiro atoms. The molecule has 0 aromatic heterocycles. The number of para-hydroxylation sites is 1. The molecule has 0 aliphatic rings. The van der Waals surface area contributed by atoms with Crippen molar-refractivity contribution in [3.05, 3.63) is 30.1 Å².